The van der Waals surface area contributed by atoms with Gasteiger partial charge < -0.3 is 25.0 Å². The van der Waals surface area contributed by atoms with Crippen LogP contribution in [-0.2, 0) is 22.6 Å². The number of nitrogens with one attached hydrogen (secondary N) is 1. The first-order valence-corrected chi connectivity index (χ1v) is 15.0. The molecule has 3 N–H and O–H groups in total. The molecule has 1 fully saturated rings. The monoisotopic (exact) mass is 569 g/mol. The van der Waals surface area contributed by atoms with Gasteiger partial charge in [0, 0.05) is 35.6 Å². The van der Waals surface area contributed by atoms with Gasteiger partial charge in [-0.25, -0.2) is 0 Å². The Balaban J connectivity index is 1.31. The summed E-state index contributed by atoms with van der Waals surface area (Å²) in [5, 5.41) is 21.7. The summed E-state index contributed by atoms with van der Waals surface area (Å²) in [6, 6.07) is 33.4. The fourth-order valence-corrected chi connectivity index (χ4v) is 5.72. The minimum atomic E-state index is -0.527. The number of thioether (sulfide) groups is 1. The van der Waals surface area contributed by atoms with Gasteiger partial charge in [0.2, 0.25) is 0 Å². The number of hydrogen-bond donors (Lipinski definition) is 3. The fourth-order valence-electron chi connectivity index (χ4n) is 4.95. The van der Waals surface area contributed by atoms with Gasteiger partial charge in [-0.15, -0.1) is 0 Å². The van der Waals surface area contributed by atoms with Crippen LogP contribution in [0.1, 0.15) is 51.4 Å². The van der Waals surface area contributed by atoms with E-state index in [0.717, 1.165) is 39.1 Å². The Kier molecular flexibility index (Phi) is 10.2. The van der Waals surface area contributed by atoms with E-state index in [2.05, 4.69) is 23.5 Å². The van der Waals surface area contributed by atoms with E-state index in [1.807, 2.05) is 72.8 Å². The number of rotatable bonds is 11. The number of aliphatic hydroxyl groups is 2. The Labute approximate surface area is 245 Å². The molecule has 0 unspecified atom stereocenters. The summed E-state index contributed by atoms with van der Waals surface area (Å²) in [7, 11) is 0. The van der Waals surface area contributed by atoms with Crippen LogP contribution in [0.4, 0.5) is 0 Å². The Bertz CT molecular complexity index is 1400. The second kappa shape index (κ2) is 14.4. The average molecular weight is 570 g/mol. The Morgan fingerprint density at radius 2 is 1.54 bits per heavy atom. The molecule has 0 aliphatic carbocycles. The molecular weight excluding hydrogens is 534 g/mol. The third-order valence-electron chi connectivity index (χ3n) is 7.14. The van der Waals surface area contributed by atoms with E-state index in [-0.39, 0.29) is 31.3 Å². The van der Waals surface area contributed by atoms with Gasteiger partial charge in [0.05, 0.1) is 25.4 Å². The molecule has 6 nitrogen and oxygen atoms in total. The predicted octanol–water partition coefficient (Wildman–Crippen LogP) is 6.05. The molecule has 212 valence electrons. The van der Waals surface area contributed by atoms with Crippen molar-refractivity contribution >= 4 is 17.7 Å². The second-order valence-corrected chi connectivity index (χ2v) is 11.1. The van der Waals surface area contributed by atoms with Gasteiger partial charge in [0.25, 0.3) is 5.91 Å². The first kappa shape index (κ1) is 29.0. The standard InChI is InChI=1S/C34H35NO5S/c36-18-19-41-23-30-20-32(26-12-10-24(22-37)11-13-26)40-34(39-30)28-16-14-25(15-17-28)31-9-5-4-8-29(31)21-35-33(38)27-6-2-1-3-7-27/h1-17,30,32,34,36-37H,18-23H2,(H,35,38)/t30-,32+,34+/m1/s1. The third kappa shape index (κ3) is 7.64. The van der Waals surface area contributed by atoms with Crippen molar-refractivity contribution in [3.8, 4) is 11.1 Å². The zero-order chi connectivity index (χ0) is 28.4. The lowest BCUT2D eigenvalue weighted by atomic mass is 9.97. The number of carbonyl (C=O) groups is 1. The van der Waals surface area contributed by atoms with Gasteiger partial charge in [-0.2, -0.15) is 11.8 Å². The molecule has 0 aromatic heterocycles. The lowest BCUT2D eigenvalue weighted by molar-refractivity contribution is -0.245. The molecule has 5 rings (SSSR count). The molecule has 4 aromatic carbocycles. The van der Waals surface area contributed by atoms with Crippen LogP contribution in [0.3, 0.4) is 0 Å². The first-order chi connectivity index (χ1) is 20.1. The van der Waals surface area contributed by atoms with Crippen LogP contribution in [0.15, 0.2) is 103 Å². The molecule has 1 aliphatic heterocycles. The van der Waals surface area contributed by atoms with Gasteiger partial charge in [-0.05, 0) is 39.9 Å². The SMILES string of the molecule is O=C(NCc1ccccc1-c1ccc([C@H]2O[C@@H](CSCCO)C[C@@H](c3ccc(CO)cc3)O2)cc1)c1ccccc1. The molecule has 7 heteroatoms. The van der Waals surface area contributed by atoms with Crippen LogP contribution in [-0.4, -0.2) is 40.3 Å². The predicted molar refractivity (Wildman–Crippen MR) is 162 cm³/mol. The van der Waals surface area contributed by atoms with Crippen molar-refractivity contribution in [2.45, 2.75) is 38.1 Å². The van der Waals surface area contributed by atoms with E-state index in [9.17, 15) is 15.0 Å². The molecular formula is C34H35NO5S. The molecule has 0 saturated carbocycles. The summed E-state index contributed by atoms with van der Waals surface area (Å²) in [5.74, 6) is 1.34. The Morgan fingerprint density at radius 3 is 2.27 bits per heavy atom. The van der Waals surface area contributed by atoms with Crippen molar-refractivity contribution in [2.75, 3.05) is 18.1 Å². The summed E-state index contributed by atoms with van der Waals surface area (Å²) in [5.41, 5.74) is 6.61. The maximum Gasteiger partial charge on any atom is 0.251 e. The molecule has 1 amide bonds. The van der Waals surface area contributed by atoms with Crippen LogP contribution in [0.2, 0.25) is 0 Å². The van der Waals surface area contributed by atoms with Crippen LogP contribution < -0.4 is 5.32 Å². The van der Waals surface area contributed by atoms with Crippen LogP contribution >= 0.6 is 11.8 Å². The molecule has 1 saturated heterocycles. The summed E-state index contributed by atoms with van der Waals surface area (Å²) in [6.45, 7) is 0.569. The van der Waals surface area contributed by atoms with Crippen molar-refractivity contribution in [1.29, 1.82) is 0 Å². The lowest BCUT2D eigenvalue weighted by Gasteiger charge is -2.36. The molecule has 3 atom stereocenters. The van der Waals surface area contributed by atoms with E-state index in [4.69, 9.17) is 9.47 Å². The highest BCUT2D eigenvalue weighted by Gasteiger charge is 2.32. The summed E-state index contributed by atoms with van der Waals surface area (Å²) >= 11 is 1.67. The first-order valence-electron chi connectivity index (χ1n) is 13.9. The Morgan fingerprint density at radius 1 is 0.829 bits per heavy atom. The van der Waals surface area contributed by atoms with Crippen LogP contribution in [0.25, 0.3) is 11.1 Å². The van der Waals surface area contributed by atoms with Crippen molar-refractivity contribution < 1.29 is 24.5 Å². The van der Waals surface area contributed by atoms with E-state index in [0.29, 0.717) is 24.3 Å². The van der Waals surface area contributed by atoms with Gasteiger partial charge in [-0.1, -0.05) is 91.0 Å². The van der Waals surface area contributed by atoms with E-state index >= 15 is 0 Å². The van der Waals surface area contributed by atoms with Gasteiger partial charge in [-0.3, -0.25) is 4.79 Å². The van der Waals surface area contributed by atoms with E-state index in [1.165, 1.54) is 0 Å². The summed E-state index contributed by atoms with van der Waals surface area (Å²) in [4.78, 5) is 12.6. The normalized spacial score (nSPS) is 18.6. The highest BCUT2D eigenvalue weighted by molar-refractivity contribution is 7.99. The highest BCUT2D eigenvalue weighted by Crippen LogP contribution is 2.39. The second-order valence-electron chi connectivity index (χ2n) is 9.98. The summed E-state index contributed by atoms with van der Waals surface area (Å²) < 4.78 is 12.8. The van der Waals surface area contributed by atoms with E-state index in [1.54, 1.807) is 23.9 Å². The highest BCUT2D eigenvalue weighted by atomic mass is 32.2. The molecule has 0 spiro atoms. The quantitative estimate of drug-likeness (QED) is 0.191. The van der Waals surface area contributed by atoms with Crippen LogP contribution in [0, 0.1) is 0 Å². The number of aliphatic hydroxyl groups excluding tert-OH is 2. The molecule has 0 radical (unpaired) electrons. The van der Waals surface area contributed by atoms with Gasteiger partial charge in [0.1, 0.15) is 0 Å². The van der Waals surface area contributed by atoms with Crippen LogP contribution in [0.5, 0.6) is 0 Å². The molecule has 41 heavy (non-hydrogen) atoms. The molecule has 0 bridgehead atoms. The molecule has 1 heterocycles. The summed E-state index contributed by atoms with van der Waals surface area (Å²) in [6.07, 6.45) is 0.0184. The maximum atomic E-state index is 12.6. The number of carbonyl (C=O) groups excluding carboxylic acids is 1. The van der Waals surface area contributed by atoms with Crippen molar-refractivity contribution in [1.82, 2.24) is 5.32 Å². The fraction of sp³-hybridized carbons (Fsp3) is 0.265. The largest absolute Gasteiger partial charge is 0.396 e. The number of amides is 1. The molecule has 4 aromatic rings. The van der Waals surface area contributed by atoms with Crippen molar-refractivity contribution in [3.05, 3.63) is 131 Å². The third-order valence-corrected chi connectivity index (χ3v) is 8.22. The zero-order valence-electron chi connectivity index (χ0n) is 22.8. The zero-order valence-corrected chi connectivity index (χ0v) is 23.6. The lowest BCUT2D eigenvalue weighted by Crippen LogP contribution is -2.31. The number of hydrogen-bond acceptors (Lipinski definition) is 6. The molecule has 1 aliphatic rings. The average Bonchev–Trinajstić information content (AvgIpc) is 3.04. The van der Waals surface area contributed by atoms with Crippen molar-refractivity contribution in [2.24, 2.45) is 0 Å². The maximum absolute atomic E-state index is 12.6. The van der Waals surface area contributed by atoms with E-state index < -0.39 is 6.29 Å². The smallest absolute Gasteiger partial charge is 0.251 e. The Hall–Kier alpha value is -3.46. The minimum absolute atomic E-state index is 0.00678. The van der Waals surface area contributed by atoms with Gasteiger partial charge >= 0.3 is 0 Å². The van der Waals surface area contributed by atoms with Crippen molar-refractivity contribution in [3.63, 3.8) is 0 Å². The minimum Gasteiger partial charge on any atom is -0.396 e. The number of ether oxygens (including phenoxy) is 2. The number of benzene rings is 4. The van der Waals surface area contributed by atoms with Gasteiger partial charge in [0.15, 0.2) is 6.29 Å². The topological polar surface area (TPSA) is 88.0 Å².